The van der Waals surface area contributed by atoms with Crippen molar-refractivity contribution in [3.8, 4) is 16.9 Å². The molecule has 2 N–H and O–H groups in total. The minimum atomic E-state index is -0.229. The maximum Gasteiger partial charge on any atom is 0.123 e. The molecule has 0 amide bonds. The van der Waals surface area contributed by atoms with Gasteiger partial charge in [-0.3, -0.25) is 0 Å². The van der Waals surface area contributed by atoms with E-state index in [1.54, 1.807) is 12.1 Å². The minimum absolute atomic E-state index is 0.229. The molecule has 0 spiro atoms. The van der Waals surface area contributed by atoms with E-state index >= 15 is 0 Å². The fourth-order valence-electron chi connectivity index (χ4n) is 2.49. The van der Waals surface area contributed by atoms with Crippen LogP contribution in [0.4, 0.5) is 10.1 Å². The number of halogens is 1. The summed E-state index contributed by atoms with van der Waals surface area (Å²) >= 11 is 0. The first-order valence-corrected chi connectivity index (χ1v) is 6.87. The monoisotopic (exact) mass is 280 g/mol. The normalized spacial score (nSPS) is 10.8. The molecule has 0 fully saturated rings. The maximum absolute atomic E-state index is 13.1. The second kappa shape index (κ2) is 5.09. The first kappa shape index (κ1) is 13.4. The van der Waals surface area contributed by atoms with Crippen molar-refractivity contribution in [2.75, 3.05) is 5.73 Å². The maximum atomic E-state index is 13.1. The molecular weight excluding hydrogens is 263 g/mol. The summed E-state index contributed by atoms with van der Waals surface area (Å²) in [6.07, 6.45) is 0. The molecule has 2 aromatic carbocycles. The fourth-order valence-corrected chi connectivity index (χ4v) is 2.49. The van der Waals surface area contributed by atoms with E-state index in [9.17, 15) is 4.39 Å². The summed E-state index contributed by atoms with van der Waals surface area (Å²) in [6.45, 7) is 4.03. The van der Waals surface area contributed by atoms with Gasteiger partial charge in [-0.2, -0.15) is 0 Å². The highest BCUT2D eigenvalue weighted by Gasteiger charge is 2.10. The van der Waals surface area contributed by atoms with Crippen LogP contribution in [0.15, 0.2) is 54.6 Å². The largest absolute Gasteiger partial charge is 0.398 e. The smallest absolute Gasteiger partial charge is 0.123 e. The Labute approximate surface area is 123 Å². The van der Waals surface area contributed by atoms with Gasteiger partial charge in [0, 0.05) is 17.1 Å². The lowest BCUT2D eigenvalue weighted by Crippen LogP contribution is -2.01. The number of aryl methyl sites for hydroxylation is 2. The number of nitrogens with two attached hydrogens (primary N) is 1. The molecule has 0 unspecified atom stereocenters. The molecule has 0 saturated heterocycles. The summed E-state index contributed by atoms with van der Waals surface area (Å²) < 4.78 is 15.2. The van der Waals surface area contributed by atoms with E-state index in [1.165, 1.54) is 12.1 Å². The summed E-state index contributed by atoms with van der Waals surface area (Å²) in [5.74, 6) is -0.229. The van der Waals surface area contributed by atoms with E-state index in [4.69, 9.17) is 5.73 Å². The Balaban J connectivity index is 2.16. The Morgan fingerprint density at radius 1 is 0.905 bits per heavy atom. The van der Waals surface area contributed by atoms with Gasteiger partial charge in [0.1, 0.15) is 5.82 Å². The van der Waals surface area contributed by atoms with E-state index < -0.39 is 0 Å². The van der Waals surface area contributed by atoms with Crippen molar-refractivity contribution in [2.24, 2.45) is 0 Å². The summed E-state index contributed by atoms with van der Waals surface area (Å²) in [4.78, 5) is 0. The van der Waals surface area contributed by atoms with Crippen molar-refractivity contribution in [1.29, 1.82) is 0 Å². The lowest BCUT2D eigenvalue weighted by Gasteiger charge is -2.13. The molecule has 0 bridgehead atoms. The van der Waals surface area contributed by atoms with Crippen molar-refractivity contribution in [3.63, 3.8) is 0 Å². The van der Waals surface area contributed by atoms with Gasteiger partial charge >= 0.3 is 0 Å². The van der Waals surface area contributed by atoms with Crippen LogP contribution in [0.1, 0.15) is 11.3 Å². The highest BCUT2D eigenvalue weighted by molar-refractivity contribution is 5.65. The van der Waals surface area contributed by atoms with Crippen LogP contribution >= 0.6 is 0 Å². The minimum Gasteiger partial charge on any atom is -0.398 e. The van der Waals surface area contributed by atoms with Crippen molar-refractivity contribution in [1.82, 2.24) is 4.57 Å². The van der Waals surface area contributed by atoms with E-state index in [-0.39, 0.29) is 5.82 Å². The van der Waals surface area contributed by atoms with Crippen LogP contribution in [0.5, 0.6) is 0 Å². The summed E-state index contributed by atoms with van der Waals surface area (Å²) in [7, 11) is 0. The third kappa shape index (κ3) is 2.42. The van der Waals surface area contributed by atoms with Crippen molar-refractivity contribution in [3.05, 3.63) is 71.7 Å². The van der Waals surface area contributed by atoms with Crippen LogP contribution in [-0.4, -0.2) is 4.57 Å². The van der Waals surface area contributed by atoms with Gasteiger partial charge in [0.05, 0.1) is 5.69 Å². The van der Waals surface area contributed by atoms with Gasteiger partial charge in [-0.15, -0.1) is 0 Å². The molecule has 0 aliphatic heterocycles. The van der Waals surface area contributed by atoms with Crippen molar-refractivity contribution < 1.29 is 4.39 Å². The molecule has 1 aromatic heterocycles. The number of aromatic nitrogens is 1. The molecule has 106 valence electrons. The third-order valence-electron chi connectivity index (χ3n) is 3.74. The number of nitrogens with zero attached hydrogens (tertiary/aromatic N) is 1. The SMILES string of the molecule is Cc1ccc(-n2c(C)ccc2-c2ccc(F)cc2)cc1N. The average molecular weight is 280 g/mol. The first-order chi connectivity index (χ1) is 10.1. The summed E-state index contributed by atoms with van der Waals surface area (Å²) in [6, 6.07) is 16.7. The first-order valence-electron chi connectivity index (χ1n) is 6.87. The highest BCUT2D eigenvalue weighted by Crippen LogP contribution is 2.28. The zero-order valence-electron chi connectivity index (χ0n) is 12.1. The van der Waals surface area contributed by atoms with Gasteiger partial charge in [0.15, 0.2) is 0 Å². The van der Waals surface area contributed by atoms with Gasteiger partial charge in [0.25, 0.3) is 0 Å². The van der Waals surface area contributed by atoms with E-state index in [0.29, 0.717) is 0 Å². The second-order valence-electron chi connectivity index (χ2n) is 5.24. The Bertz CT molecular complexity index is 785. The highest BCUT2D eigenvalue weighted by atomic mass is 19.1. The zero-order valence-corrected chi connectivity index (χ0v) is 12.1. The lowest BCUT2D eigenvalue weighted by atomic mass is 10.1. The zero-order chi connectivity index (χ0) is 15.0. The van der Waals surface area contributed by atoms with Crippen LogP contribution in [-0.2, 0) is 0 Å². The molecule has 2 nitrogen and oxygen atoms in total. The Hall–Kier alpha value is -2.55. The molecule has 0 aliphatic rings. The average Bonchev–Trinajstić information content (AvgIpc) is 2.85. The molecule has 1 heterocycles. The third-order valence-corrected chi connectivity index (χ3v) is 3.74. The molecule has 21 heavy (non-hydrogen) atoms. The van der Waals surface area contributed by atoms with Gasteiger partial charge in [-0.05, 0) is 73.5 Å². The quantitative estimate of drug-likeness (QED) is 0.689. The molecular formula is C18H17FN2. The molecule has 0 radical (unpaired) electrons. The Kier molecular flexibility index (Phi) is 3.26. The van der Waals surface area contributed by atoms with Crippen molar-refractivity contribution in [2.45, 2.75) is 13.8 Å². The van der Waals surface area contributed by atoms with E-state index in [0.717, 1.165) is 33.9 Å². The van der Waals surface area contributed by atoms with Gasteiger partial charge in [-0.25, -0.2) is 4.39 Å². The van der Waals surface area contributed by atoms with Gasteiger partial charge in [0.2, 0.25) is 0 Å². The molecule has 3 heteroatoms. The van der Waals surface area contributed by atoms with Crippen LogP contribution in [0.25, 0.3) is 16.9 Å². The number of rotatable bonds is 2. The number of hydrogen-bond acceptors (Lipinski definition) is 1. The van der Waals surface area contributed by atoms with E-state index in [1.807, 2.05) is 38.1 Å². The molecule has 0 aliphatic carbocycles. The van der Waals surface area contributed by atoms with Crippen LogP contribution in [0.3, 0.4) is 0 Å². The predicted molar refractivity (Wildman–Crippen MR) is 85.0 cm³/mol. The van der Waals surface area contributed by atoms with Gasteiger partial charge < -0.3 is 10.3 Å². The number of benzene rings is 2. The number of nitrogen functional groups attached to an aromatic ring is 1. The van der Waals surface area contributed by atoms with Crippen LogP contribution in [0.2, 0.25) is 0 Å². The van der Waals surface area contributed by atoms with E-state index in [2.05, 4.69) is 10.6 Å². The summed E-state index contributed by atoms with van der Waals surface area (Å²) in [5, 5.41) is 0. The topological polar surface area (TPSA) is 30.9 Å². The molecule has 3 rings (SSSR count). The number of hydrogen-bond donors (Lipinski definition) is 1. The van der Waals surface area contributed by atoms with Crippen LogP contribution < -0.4 is 5.73 Å². The molecule has 3 aromatic rings. The summed E-state index contributed by atoms with van der Waals surface area (Å²) in [5.41, 5.74) is 12.0. The number of anilines is 1. The Morgan fingerprint density at radius 3 is 2.29 bits per heavy atom. The van der Waals surface area contributed by atoms with Crippen molar-refractivity contribution >= 4 is 5.69 Å². The fraction of sp³-hybridized carbons (Fsp3) is 0.111. The van der Waals surface area contributed by atoms with Gasteiger partial charge in [-0.1, -0.05) is 6.07 Å². The lowest BCUT2D eigenvalue weighted by molar-refractivity contribution is 0.628. The standard InChI is InChI=1S/C18H17FN2/c1-12-3-9-16(11-17(12)20)21-13(2)4-10-18(21)14-5-7-15(19)8-6-14/h3-11H,20H2,1-2H3. The van der Waals surface area contributed by atoms with Crippen LogP contribution in [0, 0.1) is 19.7 Å². The second-order valence-corrected chi connectivity index (χ2v) is 5.24. The Morgan fingerprint density at radius 2 is 1.62 bits per heavy atom. The predicted octanol–water partition coefficient (Wildman–Crippen LogP) is 4.48. The molecule has 0 atom stereocenters. The molecule has 0 saturated carbocycles.